The van der Waals surface area contributed by atoms with Gasteiger partial charge in [0.1, 0.15) is 10.8 Å². The molecule has 0 aliphatic carbocycles. The maximum atomic E-state index is 13.0. The molecule has 1 aromatic heterocycles. The maximum absolute atomic E-state index is 13.0. The number of aryl methyl sites for hydroxylation is 1. The normalized spacial score (nSPS) is 12.7. The Morgan fingerprint density at radius 1 is 1.47 bits per heavy atom. The fourth-order valence-corrected chi connectivity index (χ4v) is 2.18. The van der Waals surface area contributed by atoms with Gasteiger partial charge in [0, 0.05) is 11.1 Å². The van der Waals surface area contributed by atoms with Crippen molar-refractivity contribution < 1.29 is 4.39 Å². The summed E-state index contributed by atoms with van der Waals surface area (Å²) in [5.74, 6) is -0.267. The van der Waals surface area contributed by atoms with Crippen molar-refractivity contribution in [2.24, 2.45) is 5.73 Å². The average Bonchev–Trinajstić information content (AvgIpc) is 2.64. The van der Waals surface area contributed by atoms with Gasteiger partial charge >= 0.3 is 0 Å². The molecule has 15 heavy (non-hydrogen) atoms. The summed E-state index contributed by atoms with van der Waals surface area (Å²) >= 11 is 1.50. The van der Waals surface area contributed by atoms with Crippen molar-refractivity contribution >= 4 is 11.3 Å². The van der Waals surface area contributed by atoms with E-state index in [1.54, 1.807) is 6.07 Å². The topological polar surface area (TPSA) is 38.9 Å². The molecule has 1 heterocycles. The lowest BCUT2D eigenvalue weighted by atomic mass is 10.1. The van der Waals surface area contributed by atoms with Crippen LogP contribution in [0.5, 0.6) is 0 Å². The van der Waals surface area contributed by atoms with E-state index in [0.717, 1.165) is 16.3 Å². The third-order valence-corrected chi connectivity index (χ3v) is 3.16. The van der Waals surface area contributed by atoms with Crippen LogP contribution in [0.15, 0.2) is 29.6 Å². The molecular formula is C11H11FN2S. The lowest BCUT2D eigenvalue weighted by molar-refractivity contribution is 0.623. The first kappa shape index (κ1) is 10.3. The Morgan fingerprint density at radius 3 is 2.87 bits per heavy atom. The van der Waals surface area contributed by atoms with E-state index in [1.807, 2.05) is 18.4 Å². The lowest BCUT2D eigenvalue weighted by Crippen LogP contribution is -2.11. The van der Waals surface area contributed by atoms with Gasteiger partial charge in [-0.15, -0.1) is 11.3 Å². The standard InChI is InChI=1S/C11H11FN2S/c1-7-6-15-11(14-7)10(13)8-3-2-4-9(12)5-8/h2-6,10H,13H2,1H3. The molecule has 0 fully saturated rings. The van der Waals surface area contributed by atoms with Crippen LogP contribution in [0.1, 0.15) is 22.3 Å². The summed E-state index contributed by atoms with van der Waals surface area (Å²) < 4.78 is 13.0. The van der Waals surface area contributed by atoms with Crippen LogP contribution < -0.4 is 5.73 Å². The molecule has 0 aliphatic rings. The van der Waals surface area contributed by atoms with E-state index in [-0.39, 0.29) is 11.9 Å². The molecule has 2 N–H and O–H groups in total. The van der Waals surface area contributed by atoms with Crippen LogP contribution in [-0.2, 0) is 0 Å². The van der Waals surface area contributed by atoms with Crippen molar-refractivity contribution in [1.82, 2.24) is 4.98 Å². The van der Waals surface area contributed by atoms with Crippen LogP contribution in [0.3, 0.4) is 0 Å². The summed E-state index contributed by atoms with van der Waals surface area (Å²) in [6.07, 6.45) is 0. The Hall–Kier alpha value is -1.26. The Balaban J connectivity index is 2.32. The second kappa shape index (κ2) is 4.08. The smallest absolute Gasteiger partial charge is 0.123 e. The van der Waals surface area contributed by atoms with Crippen molar-refractivity contribution in [2.75, 3.05) is 0 Å². The van der Waals surface area contributed by atoms with Gasteiger partial charge in [-0.1, -0.05) is 12.1 Å². The summed E-state index contributed by atoms with van der Waals surface area (Å²) in [6.45, 7) is 1.91. The van der Waals surface area contributed by atoms with Gasteiger partial charge < -0.3 is 5.73 Å². The minimum Gasteiger partial charge on any atom is -0.318 e. The molecule has 2 aromatic rings. The predicted octanol–water partition coefficient (Wildman–Crippen LogP) is 2.64. The molecule has 1 aromatic carbocycles. The van der Waals surface area contributed by atoms with E-state index in [1.165, 1.54) is 23.5 Å². The zero-order valence-corrected chi connectivity index (χ0v) is 9.09. The minimum absolute atomic E-state index is 0.267. The van der Waals surface area contributed by atoms with Crippen molar-refractivity contribution in [1.29, 1.82) is 0 Å². The second-order valence-electron chi connectivity index (χ2n) is 3.36. The first-order chi connectivity index (χ1) is 7.16. The van der Waals surface area contributed by atoms with Crippen LogP contribution in [0.25, 0.3) is 0 Å². The molecule has 0 spiro atoms. The highest BCUT2D eigenvalue weighted by Gasteiger charge is 2.12. The van der Waals surface area contributed by atoms with Gasteiger partial charge in [0.15, 0.2) is 0 Å². The quantitative estimate of drug-likeness (QED) is 0.848. The molecule has 0 aliphatic heterocycles. The molecule has 2 nitrogen and oxygen atoms in total. The summed E-state index contributed by atoms with van der Waals surface area (Å²) in [7, 11) is 0. The highest BCUT2D eigenvalue weighted by molar-refractivity contribution is 7.09. The molecule has 4 heteroatoms. The van der Waals surface area contributed by atoms with Crippen molar-refractivity contribution in [3.8, 4) is 0 Å². The summed E-state index contributed by atoms with van der Waals surface area (Å²) in [5, 5.41) is 2.76. The number of rotatable bonds is 2. The molecule has 1 atom stereocenters. The molecule has 78 valence electrons. The molecule has 1 unspecified atom stereocenters. The van der Waals surface area contributed by atoms with Crippen LogP contribution in [0, 0.1) is 12.7 Å². The van der Waals surface area contributed by atoms with Crippen LogP contribution in [-0.4, -0.2) is 4.98 Å². The van der Waals surface area contributed by atoms with E-state index in [4.69, 9.17) is 5.73 Å². The third-order valence-electron chi connectivity index (χ3n) is 2.11. The fraction of sp³-hybridized carbons (Fsp3) is 0.182. The average molecular weight is 222 g/mol. The lowest BCUT2D eigenvalue weighted by Gasteiger charge is -2.08. The fourth-order valence-electron chi connectivity index (χ4n) is 1.36. The summed E-state index contributed by atoms with van der Waals surface area (Å²) in [5.41, 5.74) is 7.68. The largest absolute Gasteiger partial charge is 0.318 e. The summed E-state index contributed by atoms with van der Waals surface area (Å²) in [6, 6.07) is 5.99. The highest BCUT2D eigenvalue weighted by Crippen LogP contribution is 2.22. The Morgan fingerprint density at radius 2 is 2.27 bits per heavy atom. The van der Waals surface area contributed by atoms with Crippen molar-refractivity contribution in [2.45, 2.75) is 13.0 Å². The van der Waals surface area contributed by atoms with Crippen LogP contribution >= 0.6 is 11.3 Å². The van der Waals surface area contributed by atoms with E-state index in [0.29, 0.717) is 0 Å². The SMILES string of the molecule is Cc1csc(C(N)c2cccc(F)c2)n1. The van der Waals surface area contributed by atoms with E-state index in [2.05, 4.69) is 4.98 Å². The molecule has 2 rings (SSSR count). The molecule has 0 amide bonds. The van der Waals surface area contributed by atoms with E-state index in [9.17, 15) is 4.39 Å². The zero-order chi connectivity index (χ0) is 10.8. The molecule has 0 radical (unpaired) electrons. The Kier molecular flexibility index (Phi) is 2.79. The minimum atomic E-state index is -0.334. The highest BCUT2D eigenvalue weighted by atomic mass is 32.1. The van der Waals surface area contributed by atoms with Gasteiger partial charge in [0.25, 0.3) is 0 Å². The maximum Gasteiger partial charge on any atom is 0.123 e. The number of nitrogens with zero attached hydrogens (tertiary/aromatic N) is 1. The molecule has 0 bridgehead atoms. The number of benzene rings is 1. The number of halogens is 1. The van der Waals surface area contributed by atoms with Gasteiger partial charge in [0.05, 0.1) is 6.04 Å². The molecular weight excluding hydrogens is 211 g/mol. The van der Waals surface area contributed by atoms with Gasteiger partial charge in [0.2, 0.25) is 0 Å². The summed E-state index contributed by atoms with van der Waals surface area (Å²) in [4.78, 5) is 4.29. The van der Waals surface area contributed by atoms with Gasteiger partial charge in [-0.25, -0.2) is 9.37 Å². The van der Waals surface area contributed by atoms with Gasteiger partial charge in [-0.3, -0.25) is 0 Å². The third kappa shape index (κ3) is 2.22. The number of hydrogen-bond acceptors (Lipinski definition) is 3. The van der Waals surface area contributed by atoms with Crippen molar-refractivity contribution in [3.63, 3.8) is 0 Å². The number of hydrogen-bond donors (Lipinski definition) is 1. The predicted molar refractivity (Wildman–Crippen MR) is 59.3 cm³/mol. The number of aromatic nitrogens is 1. The first-order valence-electron chi connectivity index (χ1n) is 4.60. The van der Waals surface area contributed by atoms with Gasteiger partial charge in [-0.2, -0.15) is 0 Å². The Labute approximate surface area is 91.6 Å². The number of nitrogens with two attached hydrogens (primary N) is 1. The van der Waals surface area contributed by atoms with Crippen molar-refractivity contribution in [3.05, 3.63) is 51.7 Å². The molecule has 0 saturated heterocycles. The number of thiazole rings is 1. The van der Waals surface area contributed by atoms with Crippen LogP contribution in [0.2, 0.25) is 0 Å². The van der Waals surface area contributed by atoms with E-state index >= 15 is 0 Å². The first-order valence-corrected chi connectivity index (χ1v) is 5.48. The Bertz CT molecular complexity index is 467. The van der Waals surface area contributed by atoms with Gasteiger partial charge in [-0.05, 0) is 24.6 Å². The zero-order valence-electron chi connectivity index (χ0n) is 8.27. The van der Waals surface area contributed by atoms with E-state index < -0.39 is 0 Å². The van der Waals surface area contributed by atoms with Crippen LogP contribution in [0.4, 0.5) is 4.39 Å². The monoisotopic (exact) mass is 222 g/mol. The molecule has 0 saturated carbocycles. The second-order valence-corrected chi connectivity index (χ2v) is 4.25.